The largest absolute Gasteiger partial charge is 0.449 e. The lowest BCUT2D eigenvalue weighted by Gasteiger charge is -2.26. The Morgan fingerprint density at radius 3 is 2.63 bits per heavy atom. The topological polar surface area (TPSA) is 67.9 Å². The number of ether oxygens (including phenoxy) is 2. The van der Waals surface area contributed by atoms with Crippen molar-refractivity contribution in [3.63, 3.8) is 0 Å². The van der Waals surface area contributed by atoms with Gasteiger partial charge in [-0.25, -0.2) is 4.79 Å². The molecule has 27 heavy (non-hydrogen) atoms. The first kappa shape index (κ1) is 19.5. The smallest absolute Gasteiger partial charge is 0.338 e. The molecule has 1 aliphatic rings. The zero-order valence-corrected chi connectivity index (χ0v) is 16.2. The minimum atomic E-state index is -0.842. The fourth-order valence-electron chi connectivity index (χ4n) is 2.78. The molecule has 7 heteroatoms. The normalized spacial score (nSPS) is 15.9. The molecule has 6 nitrogen and oxygen atoms in total. The molecule has 2 heterocycles. The van der Waals surface area contributed by atoms with Gasteiger partial charge in [0.25, 0.3) is 5.91 Å². The van der Waals surface area contributed by atoms with Crippen molar-refractivity contribution in [2.75, 3.05) is 26.3 Å². The molecule has 0 aliphatic carbocycles. The molecule has 1 aromatic carbocycles. The maximum atomic E-state index is 12.3. The van der Waals surface area contributed by atoms with E-state index >= 15 is 0 Å². The molecule has 1 aromatic heterocycles. The highest BCUT2D eigenvalue weighted by Crippen LogP contribution is 2.11. The van der Waals surface area contributed by atoms with Gasteiger partial charge >= 0.3 is 5.97 Å². The van der Waals surface area contributed by atoms with Crippen molar-refractivity contribution in [1.29, 1.82) is 0 Å². The van der Waals surface area contributed by atoms with Crippen LogP contribution in [0.3, 0.4) is 0 Å². The van der Waals surface area contributed by atoms with Crippen LogP contribution in [0.1, 0.15) is 27.7 Å². The fourth-order valence-corrected chi connectivity index (χ4v) is 3.42. The average molecular weight is 388 g/mol. The van der Waals surface area contributed by atoms with Gasteiger partial charge in [-0.15, -0.1) is 11.3 Å². The summed E-state index contributed by atoms with van der Waals surface area (Å²) in [6.45, 7) is 6.21. The lowest BCUT2D eigenvalue weighted by molar-refractivity contribution is -0.129. The van der Waals surface area contributed by atoms with Gasteiger partial charge in [-0.2, -0.15) is 0 Å². The lowest BCUT2D eigenvalue weighted by atomic mass is 10.1. The number of carbonyl (C=O) groups excluding carboxylic acids is 2. The van der Waals surface area contributed by atoms with Gasteiger partial charge in [0.15, 0.2) is 6.10 Å². The number of rotatable bonds is 7. The van der Waals surface area contributed by atoms with Crippen molar-refractivity contribution >= 4 is 23.2 Å². The predicted octanol–water partition coefficient (Wildman–Crippen LogP) is 2.44. The number of hydrogen-bond acceptors (Lipinski definition) is 6. The third-order valence-corrected chi connectivity index (χ3v) is 5.25. The highest BCUT2D eigenvalue weighted by atomic mass is 32.1. The summed E-state index contributed by atoms with van der Waals surface area (Å²) in [4.78, 5) is 27.7. The molecule has 2 aromatic rings. The quantitative estimate of drug-likeness (QED) is 0.738. The summed E-state index contributed by atoms with van der Waals surface area (Å²) in [5, 5.41) is 4.73. The van der Waals surface area contributed by atoms with E-state index < -0.39 is 12.1 Å². The highest BCUT2D eigenvalue weighted by Gasteiger charge is 2.19. The van der Waals surface area contributed by atoms with Gasteiger partial charge in [0, 0.05) is 24.5 Å². The van der Waals surface area contributed by atoms with Crippen molar-refractivity contribution in [3.05, 3.63) is 57.8 Å². The van der Waals surface area contributed by atoms with Crippen molar-refractivity contribution in [2.45, 2.75) is 26.1 Å². The van der Waals surface area contributed by atoms with Crippen LogP contribution in [0.4, 0.5) is 0 Å². The Morgan fingerprint density at radius 2 is 1.96 bits per heavy atom. The summed E-state index contributed by atoms with van der Waals surface area (Å²) in [5.74, 6) is -0.799. The van der Waals surface area contributed by atoms with Crippen molar-refractivity contribution in [2.24, 2.45) is 0 Å². The molecule has 0 unspecified atom stereocenters. The average Bonchev–Trinajstić information content (AvgIpc) is 3.21. The molecule has 0 saturated carbocycles. The minimum absolute atomic E-state index is 0.305. The number of morpholine rings is 1. The maximum Gasteiger partial charge on any atom is 0.338 e. The van der Waals surface area contributed by atoms with E-state index in [4.69, 9.17) is 9.47 Å². The summed E-state index contributed by atoms with van der Waals surface area (Å²) in [6.07, 6.45) is -0.842. The van der Waals surface area contributed by atoms with Crippen LogP contribution in [0.15, 0.2) is 41.8 Å². The number of hydrogen-bond donors (Lipinski definition) is 1. The molecule has 1 fully saturated rings. The fraction of sp³-hybridized carbons (Fsp3) is 0.400. The van der Waals surface area contributed by atoms with Gasteiger partial charge in [0.2, 0.25) is 0 Å². The van der Waals surface area contributed by atoms with Crippen molar-refractivity contribution < 1.29 is 19.1 Å². The van der Waals surface area contributed by atoms with E-state index in [1.807, 2.05) is 29.6 Å². The highest BCUT2D eigenvalue weighted by molar-refractivity contribution is 7.09. The molecular formula is C20H24N2O4S. The Hall–Kier alpha value is -2.22. The van der Waals surface area contributed by atoms with E-state index in [1.54, 1.807) is 30.4 Å². The number of carbonyl (C=O) groups is 2. The summed E-state index contributed by atoms with van der Waals surface area (Å²) in [7, 11) is 0. The number of thiophene rings is 1. The van der Waals surface area contributed by atoms with E-state index in [0.717, 1.165) is 43.3 Å². The van der Waals surface area contributed by atoms with Crippen LogP contribution in [0, 0.1) is 0 Å². The molecule has 0 radical (unpaired) electrons. The van der Waals surface area contributed by atoms with Crippen LogP contribution in [-0.2, 0) is 27.4 Å². The number of amides is 1. The van der Waals surface area contributed by atoms with Gasteiger partial charge in [0.1, 0.15) is 0 Å². The summed E-state index contributed by atoms with van der Waals surface area (Å²) < 4.78 is 10.6. The second kappa shape index (κ2) is 9.64. The van der Waals surface area contributed by atoms with Gasteiger partial charge in [0.05, 0.1) is 25.3 Å². The molecule has 1 amide bonds. The Balaban J connectivity index is 1.47. The van der Waals surface area contributed by atoms with E-state index in [9.17, 15) is 9.59 Å². The van der Waals surface area contributed by atoms with Gasteiger partial charge < -0.3 is 14.8 Å². The van der Waals surface area contributed by atoms with E-state index in [2.05, 4.69) is 10.2 Å². The van der Waals surface area contributed by atoms with Crippen LogP contribution in [0.25, 0.3) is 0 Å². The zero-order chi connectivity index (χ0) is 19.1. The minimum Gasteiger partial charge on any atom is -0.449 e. The molecule has 0 bridgehead atoms. The van der Waals surface area contributed by atoms with Crippen LogP contribution in [0.5, 0.6) is 0 Å². The second-order valence-electron chi connectivity index (χ2n) is 6.43. The molecule has 3 rings (SSSR count). The van der Waals surface area contributed by atoms with Gasteiger partial charge in [-0.3, -0.25) is 9.69 Å². The molecule has 0 spiro atoms. The van der Waals surface area contributed by atoms with E-state index in [1.165, 1.54) is 0 Å². The first-order chi connectivity index (χ1) is 13.1. The van der Waals surface area contributed by atoms with Crippen LogP contribution in [-0.4, -0.2) is 49.2 Å². The summed E-state index contributed by atoms with van der Waals surface area (Å²) >= 11 is 1.57. The second-order valence-corrected chi connectivity index (χ2v) is 7.46. The van der Waals surface area contributed by atoms with Crippen LogP contribution < -0.4 is 5.32 Å². The van der Waals surface area contributed by atoms with E-state index in [0.29, 0.717) is 12.1 Å². The van der Waals surface area contributed by atoms with E-state index in [-0.39, 0.29) is 5.91 Å². The summed E-state index contributed by atoms with van der Waals surface area (Å²) in [6, 6.07) is 11.2. The van der Waals surface area contributed by atoms with Crippen LogP contribution in [0.2, 0.25) is 0 Å². The number of esters is 1. The Kier molecular flexibility index (Phi) is 6.98. The monoisotopic (exact) mass is 388 g/mol. The zero-order valence-electron chi connectivity index (χ0n) is 15.3. The predicted molar refractivity (Wildman–Crippen MR) is 104 cm³/mol. The van der Waals surface area contributed by atoms with Crippen molar-refractivity contribution in [3.8, 4) is 0 Å². The first-order valence-corrected chi connectivity index (χ1v) is 9.90. The molecule has 144 valence electrons. The Labute approximate surface area is 163 Å². The van der Waals surface area contributed by atoms with Gasteiger partial charge in [-0.05, 0) is 36.1 Å². The standard InChI is InChI=1S/C20H24N2O4S/c1-15(19(23)21-13-18-3-2-12-27-18)26-20(24)17-6-4-16(5-7-17)14-22-8-10-25-11-9-22/h2-7,12,15H,8-11,13-14H2,1H3,(H,21,23)/t15-/m1/s1. The number of benzene rings is 1. The first-order valence-electron chi connectivity index (χ1n) is 9.02. The summed E-state index contributed by atoms with van der Waals surface area (Å²) in [5.41, 5.74) is 1.58. The molecular weight excluding hydrogens is 364 g/mol. The lowest BCUT2D eigenvalue weighted by Crippen LogP contribution is -2.35. The third-order valence-electron chi connectivity index (χ3n) is 4.37. The molecule has 1 atom stereocenters. The molecule has 1 aliphatic heterocycles. The maximum absolute atomic E-state index is 12.3. The third kappa shape index (κ3) is 5.89. The molecule has 1 saturated heterocycles. The van der Waals surface area contributed by atoms with Crippen LogP contribution >= 0.6 is 11.3 Å². The number of nitrogens with zero attached hydrogens (tertiary/aromatic N) is 1. The van der Waals surface area contributed by atoms with Crippen molar-refractivity contribution in [1.82, 2.24) is 10.2 Å². The molecule has 1 N–H and O–H groups in total. The number of nitrogens with one attached hydrogen (secondary N) is 1. The SMILES string of the molecule is C[C@@H](OC(=O)c1ccc(CN2CCOCC2)cc1)C(=O)NCc1cccs1. The Bertz CT molecular complexity index is 740. The van der Waals surface area contributed by atoms with Gasteiger partial charge in [-0.1, -0.05) is 18.2 Å². The Morgan fingerprint density at radius 1 is 1.22 bits per heavy atom.